The van der Waals surface area contributed by atoms with Crippen LogP contribution in [0.1, 0.15) is 38.8 Å². The van der Waals surface area contributed by atoms with Gasteiger partial charge in [-0.15, -0.1) is 5.10 Å². The van der Waals surface area contributed by atoms with Gasteiger partial charge in [0.1, 0.15) is 12.1 Å². The van der Waals surface area contributed by atoms with Crippen molar-refractivity contribution < 1.29 is 4.79 Å². The first-order chi connectivity index (χ1) is 11.9. The van der Waals surface area contributed by atoms with Crippen LogP contribution in [0.5, 0.6) is 0 Å². The SMILES string of the molecule is CC(C)(C)CC(NC(=O)Cn1nnc2ccccc21)c1ccccc1. The molecule has 0 aliphatic heterocycles. The van der Waals surface area contributed by atoms with Crippen molar-refractivity contribution in [1.82, 2.24) is 20.3 Å². The van der Waals surface area contributed by atoms with Gasteiger partial charge in [0.2, 0.25) is 5.91 Å². The van der Waals surface area contributed by atoms with E-state index < -0.39 is 0 Å². The Bertz CT molecular complexity index is 849. The molecule has 25 heavy (non-hydrogen) atoms. The first kappa shape index (κ1) is 17.1. The normalized spacial score (nSPS) is 12.9. The topological polar surface area (TPSA) is 59.8 Å². The maximum atomic E-state index is 12.6. The van der Waals surface area contributed by atoms with E-state index in [1.54, 1.807) is 4.68 Å². The van der Waals surface area contributed by atoms with Gasteiger partial charge in [-0.1, -0.05) is 68.4 Å². The molecule has 1 atom stereocenters. The van der Waals surface area contributed by atoms with Crippen LogP contribution in [0.4, 0.5) is 0 Å². The molecule has 0 saturated carbocycles. The molecular formula is C20H24N4O. The zero-order valence-electron chi connectivity index (χ0n) is 14.9. The van der Waals surface area contributed by atoms with Crippen LogP contribution < -0.4 is 5.32 Å². The standard InChI is InChI=1S/C20H24N4O/c1-20(2,3)13-17(15-9-5-4-6-10-15)21-19(25)14-24-18-12-8-7-11-16(18)22-23-24/h4-12,17H,13-14H2,1-3H3,(H,21,25). The highest BCUT2D eigenvalue weighted by Crippen LogP contribution is 2.29. The maximum Gasteiger partial charge on any atom is 0.242 e. The fourth-order valence-corrected chi connectivity index (χ4v) is 2.96. The second-order valence-corrected chi connectivity index (χ2v) is 7.53. The molecule has 1 heterocycles. The summed E-state index contributed by atoms with van der Waals surface area (Å²) in [4.78, 5) is 12.6. The van der Waals surface area contributed by atoms with Crippen molar-refractivity contribution in [3.63, 3.8) is 0 Å². The minimum Gasteiger partial charge on any atom is -0.348 e. The highest BCUT2D eigenvalue weighted by Gasteiger charge is 2.22. The summed E-state index contributed by atoms with van der Waals surface area (Å²) in [6.07, 6.45) is 0.862. The fraction of sp³-hybridized carbons (Fsp3) is 0.350. The third-order valence-electron chi connectivity index (χ3n) is 4.07. The van der Waals surface area contributed by atoms with Crippen LogP contribution in [0.25, 0.3) is 11.0 Å². The zero-order chi connectivity index (χ0) is 17.9. The lowest BCUT2D eigenvalue weighted by molar-refractivity contribution is -0.122. The molecule has 1 unspecified atom stereocenters. The van der Waals surface area contributed by atoms with E-state index in [2.05, 4.69) is 48.5 Å². The number of nitrogens with one attached hydrogen (secondary N) is 1. The van der Waals surface area contributed by atoms with Crippen LogP contribution in [0.2, 0.25) is 0 Å². The van der Waals surface area contributed by atoms with Crippen LogP contribution in [-0.4, -0.2) is 20.9 Å². The third-order valence-corrected chi connectivity index (χ3v) is 4.07. The van der Waals surface area contributed by atoms with E-state index in [1.165, 1.54) is 0 Å². The molecule has 0 aliphatic rings. The molecule has 0 bridgehead atoms. The second-order valence-electron chi connectivity index (χ2n) is 7.53. The number of hydrogen-bond donors (Lipinski definition) is 1. The Morgan fingerprint density at radius 1 is 1.08 bits per heavy atom. The van der Waals surface area contributed by atoms with E-state index >= 15 is 0 Å². The molecule has 0 spiro atoms. The Hall–Kier alpha value is -2.69. The Balaban J connectivity index is 1.76. The van der Waals surface area contributed by atoms with Crippen molar-refractivity contribution in [2.75, 3.05) is 0 Å². The van der Waals surface area contributed by atoms with E-state index in [0.717, 1.165) is 23.0 Å². The molecule has 0 saturated heterocycles. The van der Waals surface area contributed by atoms with Gasteiger partial charge in [-0.3, -0.25) is 4.79 Å². The lowest BCUT2D eigenvalue weighted by atomic mass is 9.85. The minimum atomic E-state index is -0.0613. The number of carbonyl (C=O) groups excluding carboxylic acids is 1. The third kappa shape index (κ3) is 4.44. The number of aromatic nitrogens is 3. The molecule has 5 heteroatoms. The van der Waals surface area contributed by atoms with Gasteiger partial charge in [0, 0.05) is 0 Å². The number of nitrogens with zero attached hydrogens (tertiary/aromatic N) is 3. The summed E-state index contributed by atoms with van der Waals surface area (Å²) in [5.74, 6) is -0.0613. The average molecular weight is 336 g/mol. The van der Waals surface area contributed by atoms with E-state index in [0.29, 0.717) is 0 Å². The molecule has 3 aromatic rings. The number of para-hydroxylation sites is 1. The summed E-state index contributed by atoms with van der Waals surface area (Å²) >= 11 is 0. The molecule has 0 fully saturated rings. The highest BCUT2D eigenvalue weighted by molar-refractivity contribution is 5.80. The summed E-state index contributed by atoms with van der Waals surface area (Å²) < 4.78 is 1.64. The molecule has 0 aliphatic carbocycles. The Morgan fingerprint density at radius 3 is 2.48 bits per heavy atom. The quantitative estimate of drug-likeness (QED) is 0.772. The van der Waals surface area contributed by atoms with Gasteiger partial charge in [-0.05, 0) is 29.5 Å². The fourth-order valence-electron chi connectivity index (χ4n) is 2.96. The van der Waals surface area contributed by atoms with E-state index in [1.807, 2.05) is 42.5 Å². The van der Waals surface area contributed by atoms with Gasteiger partial charge in [0.15, 0.2) is 0 Å². The molecule has 130 valence electrons. The predicted molar refractivity (Wildman–Crippen MR) is 98.9 cm³/mol. The summed E-state index contributed by atoms with van der Waals surface area (Å²) in [7, 11) is 0. The molecule has 1 aromatic heterocycles. The first-order valence-corrected chi connectivity index (χ1v) is 8.55. The number of carbonyl (C=O) groups is 1. The molecule has 1 N–H and O–H groups in total. The van der Waals surface area contributed by atoms with Gasteiger partial charge < -0.3 is 5.32 Å². The van der Waals surface area contributed by atoms with Crippen LogP contribution in [-0.2, 0) is 11.3 Å². The van der Waals surface area contributed by atoms with Gasteiger partial charge in [-0.25, -0.2) is 4.68 Å². The Morgan fingerprint density at radius 2 is 1.76 bits per heavy atom. The average Bonchev–Trinajstić information content (AvgIpc) is 2.97. The van der Waals surface area contributed by atoms with Gasteiger partial charge >= 0.3 is 0 Å². The number of fused-ring (bicyclic) bond motifs is 1. The van der Waals surface area contributed by atoms with E-state index in [4.69, 9.17) is 0 Å². The van der Waals surface area contributed by atoms with E-state index in [-0.39, 0.29) is 23.9 Å². The molecule has 5 nitrogen and oxygen atoms in total. The summed E-state index contributed by atoms with van der Waals surface area (Å²) in [5, 5.41) is 11.4. The highest BCUT2D eigenvalue weighted by atomic mass is 16.2. The van der Waals surface area contributed by atoms with Crippen LogP contribution in [0.15, 0.2) is 54.6 Å². The number of hydrogen-bond acceptors (Lipinski definition) is 3. The van der Waals surface area contributed by atoms with Crippen molar-refractivity contribution in [2.24, 2.45) is 5.41 Å². The zero-order valence-corrected chi connectivity index (χ0v) is 14.9. The van der Waals surface area contributed by atoms with Crippen molar-refractivity contribution in [1.29, 1.82) is 0 Å². The smallest absolute Gasteiger partial charge is 0.242 e. The number of benzene rings is 2. The van der Waals surface area contributed by atoms with Gasteiger partial charge in [0.05, 0.1) is 11.6 Å². The summed E-state index contributed by atoms with van der Waals surface area (Å²) in [5.41, 5.74) is 2.89. The molecule has 3 rings (SSSR count). The monoisotopic (exact) mass is 336 g/mol. The van der Waals surface area contributed by atoms with Crippen molar-refractivity contribution in [2.45, 2.75) is 39.8 Å². The van der Waals surface area contributed by atoms with Crippen LogP contribution in [0.3, 0.4) is 0 Å². The molecule has 0 radical (unpaired) electrons. The van der Waals surface area contributed by atoms with Crippen molar-refractivity contribution in [3.05, 3.63) is 60.2 Å². The lowest BCUT2D eigenvalue weighted by Gasteiger charge is -2.27. The van der Waals surface area contributed by atoms with Crippen LogP contribution >= 0.6 is 0 Å². The first-order valence-electron chi connectivity index (χ1n) is 8.55. The van der Waals surface area contributed by atoms with Gasteiger partial charge in [-0.2, -0.15) is 0 Å². The van der Waals surface area contributed by atoms with Gasteiger partial charge in [0.25, 0.3) is 0 Å². The maximum absolute atomic E-state index is 12.6. The minimum absolute atomic E-state index is 0.0246. The summed E-state index contributed by atoms with van der Waals surface area (Å²) in [6.45, 7) is 6.70. The lowest BCUT2D eigenvalue weighted by Crippen LogP contribution is -2.34. The molecule has 2 aromatic carbocycles. The van der Waals surface area contributed by atoms with Crippen molar-refractivity contribution >= 4 is 16.9 Å². The molecule has 1 amide bonds. The number of amides is 1. The Labute approximate surface area is 148 Å². The number of rotatable bonds is 5. The second kappa shape index (κ2) is 7.05. The van der Waals surface area contributed by atoms with E-state index in [9.17, 15) is 4.79 Å². The Kier molecular flexibility index (Phi) is 4.83. The predicted octanol–water partition coefficient (Wildman–Crippen LogP) is 3.73. The molecular weight excluding hydrogens is 312 g/mol. The van der Waals surface area contributed by atoms with Crippen LogP contribution in [0, 0.1) is 5.41 Å². The largest absolute Gasteiger partial charge is 0.348 e. The van der Waals surface area contributed by atoms with Crippen molar-refractivity contribution in [3.8, 4) is 0 Å². The summed E-state index contributed by atoms with van der Waals surface area (Å²) in [6, 6.07) is 17.7.